The average molecular weight is 246 g/mol. The van der Waals surface area contributed by atoms with Gasteiger partial charge in [-0.25, -0.2) is 0 Å². The fraction of sp³-hybridized carbons (Fsp3) is 0.231. The number of hydrogen-bond acceptors (Lipinski definition) is 3. The zero-order chi connectivity index (χ0) is 13.3. The van der Waals surface area contributed by atoms with E-state index in [1.807, 2.05) is 30.8 Å². The largest absolute Gasteiger partial charge is 0.496 e. The van der Waals surface area contributed by atoms with E-state index >= 15 is 0 Å². The third-order valence-electron chi connectivity index (χ3n) is 2.89. The number of nitrogens with zero attached hydrogens (tertiary/aromatic N) is 2. The quantitative estimate of drug-likeness (QED) is 0.617. The number of aromatic nitrogens is 1. The van der Waals surface area contributed by atoms with Gasteiger partial charge in [0.05, 0.1) is 29.2 Å². The van der Waals surface area contributed by atoms with E-state index in [4.69, 9.17) is 4.74 Å². The molecule has 0 bridgehead atoms. The van der Waals surface area contributed by atoms with Gasteiger partial charge >= 0.3 is 0 Å². The maximum Gasteiger partial charge on any atom is 0.282 e. The Kier molecular flexibility index (Phi) is 3.06. The molecule has 0 aliphatic carbocycles. The second-order valence-electron chi connectivity index (χ2n) is 3.96. The van der Waals surface area contributed by atoms with Gasteiger partial charge in [0.15, 0.2) is 0 Å². The van der Waals surface area contributed by atoms with E-state index in [9.17, 15) is 10.1 Å². The summed E-state index contributed by atoms with van der Waals surface area (Å²) in [4.78, 5) is 10.8. The summed E-state index contributed by atoms with van der Waals surface area (Å²) in [6.07, 6.45) is 5.41. The third-order valence-corrected chi connectivity index (χ3v) is 2.89. The number of nitro groups is 1. The molecule has 2 aromatic rings. The molecule has 0 saturated carbocycles. The fourth-order valence-electron chi connectivity index (χ4n) is 2.12. The van der Waals surface area contributed by atoms with E-state index in [1.54, 1.807) is 12.2 Å². The predicted octanol–water partition coefficient (Wildman–Crippen LogP) is 3.13. The first kappa shape index (κ1) is 12.2. The number of benzene rings is 1. The zero-order valence-electron chi connectivity index (χ0n) is 10.5. The van der Waals surface area contributed by atoms with Crippen molar-refractivity contribution < 1.29 is 9.66 Å². The van der Waals surface area contributed by atoms with Crippen LogP contribution >= 0.6 is 0 Å². The highest BCUT2D eigenvalue weighted by Gasteiger charge is 2.20. The third kappa shape index (κ3) is 1.73. The molecular formula is C13H14N2O3. The summed E-state index contributed by atoms with van der Waals surface area (Å²) in [6, 6.07) is 3.36. The van der Waals surface area contributed by atoms with Crippen LogP contribution in [-0.4, -0.2) is 16.6 Å². The molecule has 1 heterocycles. The fourth-order valence-corrected chi connectivity index (χ4v) is 2.12. The van der Waals surface area contributed by atoms with Crippen molar-refractivity contribution in [3.8, 4) is 5.75 Å². The van der Waals surface area contributed by atoms with Crippen molar-refractivity contribution in [1.82, 2.24) is 4.57 Å². The zero-order valence-corrected chi connectivity index (χ0v) is 10.5. The second-order valence-corrected chi connectivity index (χ2v) is 3.96. The molecule has 94 valence electrons. The van der Waals surface area contributed by atoms with E-state index < -0.39 is 0 Å². The van der Waals surface area contributed by atoms with E-state index in [2.05, 4.69) is 0 Å². The SMILES string of the molecule is C/C=C/c1c([N+](=O)[O-])cc(OC)c2ccn(C)c12. The summed E-state index contributed by atoms with van der Waals surface area (Å²) in [7, 11) is 3.37. The number of allylic oxidation sites excluding steroid dienone is 1. The molecule has 1 aromatic heterocycles. The molecule has 0 aliphatic rings. The van der Waals surface area contributed by atoms with Crippen LogP contribution in [0.4, 0.5) is 5.69 Å². The van der Waals surface area contributed by atoms with E-state index in [1.165, 1.54) is 13.2 Å². The van der Waals surface area contributed by atoms with Gasteiger partial charge in [-0.15, -0.1) is 0 Å². The van der Waals surface area contributed by atoms with Crippen molar-refractivity contribution in [2.75, 3.05) is 7.11 Å². The van der Waals surface area contributed by atoms with Crippen molar-refractivity contribution in [3.63, 3.8) is 0 Å². The number of aryl methyl sites for hydroxylation is 1. The van der Waals surface area contributed by atoms with Gasteiger partial charge < -0.3 is 9.30 Å². The lowest BCUT2D eigenvalue weighted by Gasteiger charge is -2.07. The highest BCUT2D eigenvalue weighted by atomic mass is 16.6. The number of rotatable bonds is 3. The topological polar surface area (TPSA) is 57.3 Å². The normalized spacial score (nSPS) is 11.3. The summed E-state index contributed by atoms with van der Waals surface area (Å²) in [5, 5.41) is 12.0. The Morgan fingerprint density at radius 3 is 2.78 bits per heavy atom. The molecule has 0 saturated heterocycles. The lowest BCUT2D eigenvalue weighted by molar-refractivity contribution is -0.385. The Balaban J connectivity index is 2.95. The molecule has 1 aromatic carbocycles. The Hall–Kier alpha value is -2.30. The Labute approximate surface area is 104 Å². The number of fused-ring (bicyclic) bond motifs is 1. The first-order chi connectivity index (χ1) is 8.60. The van der Waals surface area contributed by atoms with Gasteiger partial charge in [0, 0.05) is 18.6 Å². The molecule has 5 nitrogen and oxygen atoms in total. The Bertz CT molecular complexity index is 641. The molecule has 0 unspecified atom stereocenters. The van der Waals surface area contributed by atoms with Crippen molar-refractivity contribution in [2.24, 2.45) is 7.05 Å². The predicted molar refractivity (Wildman–Crippen MR) is 70.8 cm³/mol. The number of ether oxygens (including phenoxy) is 1. The van der Waals surface area contributed by atoms with Crippen LogP contribution in [-0.2, 0) is 7.05 Å². The molecule has 18 heavy (non-hydrogen) atoms. The number of nitro benzene ring substituents is 1. The van der Waals surface area contributed by atoms with Gasteiger partial charge in [-0.2, -0.15) is 0 Å². The minimum absolute atomic E-state index is 0.0549. The van der Waals surface area contributed by atoms with Crippen LogP contribution in [0.25, 0.3) is 17.0 Å². The van der Waals surface area contributed by atoms with Crippen molar-refractivity contribution in [3.05, 3.63) is 40.1 Å². The first-order valence-electron chi connectivity index (χ1n) is 5.53. The van der Waals surface area contributed by atoms with Gasteiger partial charge in [0.1, 0.15) is 5.75 Å². The maximum absolute atomic E-state index is 11.1. The molecule has 0 fully saturated rings. The molecule has 0 atom stereocenters. The molecular weight excluding hydrogens is 232 g/mol. The minimum atomic E-state index is -0.385. The van der Waals surface area contributed by atoms with Crippen LogP contribution in [0.15, 0.2) is 24.4 Å². The molecule has 2 rings (SSSR count). The molecule has 0 radical (unpaired) electrons. The Morgan fingerprint density at radius 2 is 2.22 bits per heavy atom. The van der Waals surface area contributed by atoms with E-state index in [-0.39, 0.29) is 10.6 Å². The average Bonchev–Trinajstić information content (AvgIpc) is 2.72. The van der Waals surface area contributed by atoms with Crippen molar-refractivity contribution in [2.45, 2.75) is 6.92 Å². The van der Waals surface area contributed by atoms with Crippen LogP contribution < -0.4 is 4.74 Å². The summed E-state index contributed by atoms with van der Waals surface area (Å²) in [5.74, 6) is 0.519. The smallest absolute Gasteiger partial charge is 0.282 e. The van der Waals surface area contributed by atoms with Crippen LogP contribution in [0.2, 0.25) is 0 Å². The van der Waals surface area contributed by atoms with Gasteiger partial charge in [0.25, 0.3) is 5.69 Å². The van der Waals surface area contributed by atoms with Crippen LogP contribution in [0.1, 0.15) is 12.5 Å². The minimum Gasteiger partial charge on any atom is -0.496 e. The monoisotopic (exact) mass is 246 g/mol. The lowest BCUT2D eigenvalue weighted by Crippen LogP contribution is -1.97. The van der Waals surface area contributed by atoms with Crippen molar-refractivity contribution >= 4 is 22.7 Å². The van der Waals surface area contributed by atoms with Crippen molar-refractivity contribution in [1.29, 1.82) is 0 Å². The molecule has 0 spiro atoms. The maximum atomic E-state index is 11.1. The van der Waals surface area contributed by atoms with Gasteiger partial charge in [-0.05, 0) is 13.0 Å². The molecule has 0 N–H and O–H groups in total. The van der Waals surface area contributed by atoms with Gasteiger partial charge in [-0.1, -0.05) is 12.2 Å². The number of hydrogen-bond donors (Lipinski definition) is 0. The highest BCUT2D eigenvalue weighted by Crippen LogP contribution is 2.36. The molecule has 5 heteroatoms. The first-order valence-corrected chi connectivity index (χ1v) is 5.53. The summed E-state index contributed by atoms with van der Waals surface area (Å²) in [5.41, 5.74) is 1.46. The van der Waals surface area contributed by atoms with E-state index in [0.717, 1.165) is 10.9 Å². The van der Waals surface area contributed by atoms with Crippen LogP contribution in [0.3, 0.4) is 0 Å². The standard InChI is InChI=1S/C13H14N2O3/c1-4-5-9-11(15(16)17)8-12(18-3)10-6-7-14(2)13(9)10/h4-8H,1-3H3/b5-4+. The molecule has 0 amide bonds. The molecule has 0 aliphatic heterocycles. The second kappa shape index (κ2) is 4.52. The summed E-state index contributed by atoms with van der Waals surface area (Å²) >= 11 is 0. The van der Waals surface area contributed by atoms with Gasteiger partial charge in [-0.3, -0.25) is 10.1 Å². The highest BCUT2D eigenvalue weighted by molar-refractivity contribution is 5.96. The Morgan fingerprint density at radius 1 is 1.50 bits per heavy atom. The van der Waals surface area contributed by atoms with Gasteiger partial charge in [0.2, 0.25) is 0 Å². The van der Waals surface area contributed by atoms with E-state index in [0.29, 0.717) is 11.3 Å². The van der Waals surface area contributed by atoms with Crippen LogP contribution in [0.5, 0.6) is 5.75 Å². The summed E-state index contributed by atoms with van der Waals surface area (Å²) < 4.78 is 7.08. The lowest BCUT2D eigenvalue weighted by atomic mass is 10.1. The number of methoxy groups -OCH3 is 1. The van der Waals surface area contributed by atoms with Crippen LogP contribution in [0, 0.1) is 10.1 Å². The summed E-state index contributed by atoms with van der Waals surface area (Å²) in [6.45, 7) is 1.84.